The molecule has 1 saturated heterocycles. The summed E-state index contributed by atoms with van der Waals surface area (Å²) < 4.78 is 5.44. The lowest BCUT2D eigenvalue weighted by molar-refractivity contribution is 0.155. The number of amides is 1. The second kappa shape index (κ2) is 4.25. The standard InChI is InChI=1S/C13H14N2O3/c16-13(17)15-6-4-10(8-15)14-11-3-1-2-9-5-7-18-12(9)11/h1-3,5,7,10,14H,4,6,8H2,(H,16,17). The number of rotatable bonds is 2. The Labute approximate surface area is 104 Å². The molecule has 1 aromatic heterocycles. The molecule has 1 aliphatic heterocycles. The summed E-state index contributed by atoms with van der Waals surface area (Å²) in [6.07, 6.45) is 1.63. The average molecular weight is 246 g/mol. The Bertz CT molecular complexity index is 578. The summed E-state index contributed by atoms with van der Waals surface area (Å²) in [4.78, 5) is 12.3. The predicted molar refractivity (Wildman–Crippen MR) is 67.8 cm³/mol. The van der Waals surface area contributed by atoms with Crippen molar-refractivity contribution in [2.24, 2.45) is 0 Å². The summed E-state index contributed by atoms with van der Waals surface area (Å²) in [5.41, 5.74) is 1.75. The molecule has 2 aromatic rings. The molecule has 0 spiro atoms. The summed E-state index contributed by atoms with van der Waals surface area (Å²) in [5.74, 6) is 0. The van der Waals surface area contributed by atoms with Gasteiger partial charge in [0.2, 0.25) is 0 Å². The Morgan fingerprint density at radius 3 is 3.11 bits per heavy atom. The maximum atomic E-state index is 10.9. The van der Waals surface area contributed by atoms with Crippen molar-refractivity contribution < 1.29 is 14.3 Å². The van der Waals surface area contributed by atoms with Crippen molar-refractivity contribution >= 4 is 22.7 Å². The molecule has 1 atom stereocenters. The monoisotopic (exact) mass is 246 g/mol. The number of furan rings is 1. The highest BCUT2D eigenvalue weighted by molar-refractivity contribution is 5.89. The lowest BCUT2D eigenvalue weighted by Crippen LogP contribution is -2.30. The van der Waals surface area contributed by atoms with Crippen molar-refractivity contribution in [1.82, 2.24) is 4.90 Å². The summed E-state index contributed by atoms with van der Waals surface area (Å²) in [6, 6.07) is 7.97. The molecule has 5 nitrogen and oxygen atoms in total. The molecule has 2 heterocycles. The van der Waals surface area contributed by atoms with Gasteiger partial charge >= 0.3 is 6.09 Å². The van der Waals surface area contributed by atoms with Crippen molar-refractivity contribution in [2.75, 3.05) is 18.4 Å². The molecule has 5 heteroatoms. The number of nitrogens with zero attached hydrogens (tertiary/aromatic N) is 1. The van der Waals surface area contributed by atoms with Crippen molar-refractivity contribution in [2.45, 2.75) is 12.5 Å². The summed E-state index contributed by atoms with van der Waals surface area (Å²) in [5, 5.41) is 13.3. The smallest absolute Gasteiger partial charge is 0.407 e. The van der Waals surface area contributed by atoms with Gasteiger partial charge in [-0.25, -0.2) is 4.79 Å². The van der Waals surface area contributed by atoms with Gasteiger partial charge in [0.15, 0.2) is 5.58 Å². The predicted octanol–water partition coefficient (Wildman–Crippen LogP) is 2.60. The maximum absolute atomic E-state index is 10.9. The van der Waals surface area contributed by atoms with E-state index in [1.165, 1.54) is 4.90 Å². The third kappa shape index (κ3) is 1.88. The topological polar surface area (TPSA) is 65.7 Å². The molecule has 1 amide bonds. The number of fused-ring (bicyclic) bond motifs is 1. The van der Waals surface area contributed by atoms with Gasteiger partial charge in [-0.15, -0.1) is 0 Å². The normalized spacial score (nSPS) is 19.3. The third-order valence-corrected chi connectivity index (χ3v) is 3.30. The second-order valence-electron chi connectivity index (χ2n) is 4.50. The van der Waals surface area contributed by atoms with Crippen molar-refractivity contribution in [3.05, 3.63) is 30.5 Å². The molecule has 0 radical (unpaired) electrons. The zero-order valence-electron chi connectivity index (χ0n) is 9.80. The highest BCUT2D eigenvalue weighted by Gasteiger charge is 2.26. The van der Waals surface area contributed by atoms with Crippen LogP contribution in [0.4, 0.5) is 10.5 Å². The van der Waals surface area contributed by atoms with Gasteiger partial charge in [-0.2, -0.15) is 0 Å². The molecule has 94 valence electrons. The van der Waals surface area contributed by atoms with Crippen LogP contribution < -0.4 is 5.32 Å². The van der Waals surface area contributed by atoms with Gasteiger partial charge in [0.25, 0.3) is 0 Å². The van der Waals surface area contributed by atoms with E-state index in [2.05, 4.69) is 5.32 Å². The fourth-order valence-electron chi connectivity index (χ4n) is 2.38. The number of carboxylic acid groups (broad SMARTS) is 1. The Kier molecular flexibility index (Phi) is 2.59. The van der Waals surface area contributed by atoms with Gasteiger partial charge in [-0.3, -0.25) is 0 Å². The molecule has 1 aliphatic rings. The number of anilines is 1. The maximum Gasteiger partial charge on any atom is 0.407 e. The molecule has 18 heavy (non-hydrogen) atoms. The van der Waals surface area contributed by atoms with Gasteiger partial charge < -0.3 is 19.7 Å². The van der Waals surface area contributed by atoms with Gasteiger partial charge in [-0.1, -0.05) is 12.1 Å². The van der Waals surface area contributed by atoms with Crippen LogP contribution in [0.25, 0.3) is 11.0 Å². The fourth-order valence-corrected chi connectivity index (χ4v) is 2.38. The van der Waals surface area contributed by atoms with E-state index in [-0.39, 0.29) is 6.04 Å². The Morgan fingerprint density at radius 1 is 1.44 bits per heavy atom. The highest BCUT2D eigenvalue weighted by Crippen LogP contribution is 2.26. The lowest BCUT2D eigenvalue weighted by atomic mass is 10.2. The molecule has 0 aliphatic carbocycles. The highest BCUT2D eigenvalue weighted by atomic mass is 16.4. The first kappa shape index (κ1) is 11.0. The molecular weight excluding hydrogens is 232 g/mol. The quantitative estimate of drug-likeness (QED) is 0.854. The molecule has 2 N–H and O–H groups in total. The van der Waals surface area contributed by atoms with E-state index in [1.54, 1.807) is 6.26 Å². The van der Waals surface area contributed by atoms with Crippen LogP contribution in [0.15, 0.2) is 34.9 Å². The lowest BCUT2D eigenvalue weighted by Gasteiger charge is -2.15. The Hall–Kier alpha value is -2.17. The first-order valence-corrected chi connectivity index (χ1v) is 5.94. The van der Waals surface area contributed by atoms with Crippen molar-refractivity contribution in [3.63, 3.8) is 0 Å². The molecule has 3 rings (SSSR count). The van der Waals surface area contributed by atoms with E-state index in [1.807, 2.05) is 24.3 Å². The van der Waals surface area contributed by atoms with Gasteiger partial charge in [-0.05, 0) is 18.6 Å². The van der Waals surface area contributed by atoms with E-state index >= 15 is 0 Å². The van der Waals surface area contributed by atoms with Gasteiger partial charge in [0, 0.05) is 24.5 Å². The van der Waals surface area contributed by atoms with Crippen LogP contribution in [0.1, 0.15) is 6.42 Å². The van der Waals surface area contributed by atoms with Crippen molar-refractivity contribution in [1.29, 1.82) is 0 Å². The number of hydrogen-bond donors (Lipinski definition) is 2. The molecule has 1 unspecified atom stereocenters. The third-order valence-electron chi connectivity index (χ3n) is 3.30. The van der Waals surface area contributed by atoms with Crippen molar-refractivity contribution in [3.8, 4) is 0 Å². The number of para-hydroxylation sites is 1. The SMILES string of the molecule is O=C(O)N1CCC(Nc2cccc3ccoc23)C1. The van der Waals surface area contributed by atoms with E-state index in [4.69, 9.17) is 9.52 Å². The zero-order chi connectivity index (χ0) is 12.5. The van der Waals surface area contributed by atoms with Gasteiger partial charge in [0.05, 0.1) is 12.0 Å². The Morgan fingerprint density at radius 2 is 2.33 bits per heavy atom. The zero-order valence-corrected chi connectivity index (χ0v) is 9.80. The van der Waals surface area contributed by atoms with Crippen LogP contribution in [0.5, 0.6) is 0 Å². The van der Waals surface area contributed by atoms with Crippen LogP contribution >= 0.6 is 0 Å². The number of benzene rings is 1. The number of nitrogens with one attached hydrogen (secondary N) is 1. The largest absolute Gasteiger partial charge is 0.465 e. The van der Waals surface area contributed by atoms with Crippen LogP contribution in [0.3, 0.4) is 0 Å². The number of hydrogen-bond acceptors (Lipinski definition) is 3. The molecule has 1 aromatic carbocycles. The van der Waals surface area contributed by atoms with E-state index < -0.39 is 6.09 Å². The first-order chi connectivity index (χ1) is 8.74. The van der Waals surface area contributed by atoms with Crippen LogP contribution in [-0.2, 0) is 0 Å². The van der Waals surface area contributed by atoms with Gasteiger partial charge in [0.1, 0.15) is 0 Å². The van der Waals surface area contributed by atoms with E-state index in [9.17, 15) is 4.79 Å². The minimum atomic E-state index is -0.851. The summed E-state index contributed by atoms with van der Waals surface area (Å²) in [6.45, 7) is 1.10. The molecule has 0 saturated carbocycles. The average Bonchev–Trinajstić information content (AvgIpc) is 2.97. The second-order valence-corrected chi connectivity index (χ2v) is 4.50. The van der Waals surface area contributed by atoms with E-state index in [0.717, 1.165) is 23.1 Å². The van der Waals surface area contributed by atoms with Crippen LogP contribution in [0.2, 0.25) is 0 Å². The summed E-state index contributed by atoms with van der Waals surface area (Å²) in [7, 11) is 0. The number of likely N-dealkylation sites (tertiary alicyclic amines) is 1. The minimum absolute atomic E-state index is 0.150. The first-order valence-electron chi connectivity index (χ1n) is 5.94. The number of carbonyl (C=O) groups is 1. The molecule has 0 bridgehead atoms. The fraction of sp³-hybridized carbons (Fsp3) is 0.308. The molecule has 1 fully saturated rings. The summed E-state index contributed by atoms with van der Waals surface area (Å²) >= 11 is 0. The van der Waals surface area contributed by atoms with Crippen LogP contribution in [-0.4, -0.2) is 35.2 Å². The van der Waals surface area contributed by atoms with E-state index in [0.29, 0.717) is 13.1 Å². The Balaban J connectivity index is 1.77. The van der Waals surface area contributed by atoms with Crippen LogP contribution in [0, 0.1) is 0 Å². The minimum Gasteiger partial charge on any atom is -0.465 e. The molecular formula is C13H14N2O3.